The van der Waals surface area contributed by atoms with E-state index < -0.39 is 18.5 Å². The molecule has 1 aliphatic heterocycles. The maximum absolute atomic E-state index is 12.5. The number of rotatable bonds is 4. The van der Waals surface area contributed by atoms with Crippen molar-refractivity contribution < 1.29 is 19.1 Å². The molecule has 2 aromatic heterocycles. The van der Waals surface area contributed by atoms with Crippen LogP contribution in [0.5, 0.6) is 0 Å². The van der Waals surface area contributed by atoms with Crippen molar-refractivity contribution >= 4 is 39.3 Å². The van der Waals surface area contributed by atoms with Crippen LogP contribution in [-0.2, 0) is 25.7 Å². The molecule has 0 N–H and O–H groups in total. The van der Waals surface area contributed by atoms with Crippen molar-refractivity contribution in [2.45, 2.75) is 33.2 Å². The van der Waals surface area contributed by atoms with E-state index in [0.717, 1.165) is 19.9 Å². The second kappa shape index (κ2) is 6.75. The molecule has 3 heterocycles. The number of esters is 1. The Hall–Kier alpha value is -2.55. The lowest BCUT2D eigenvalue weighted by Crippen LogP contribution is -2.36. The monoisotopic (exact) mass is 363 g/mol. The molecule has 0 aliphatic carbocycles. The molecular formula is C16H17N3O5S. The second-order valence-electron chi connectivity index (χ2n) is 5.84. The Kier molecular flexibility index (Phi) is 4.67. The summed E-state index contributed by atoms with van der Waals surface area (Å²) in [5.41, 5.74) is 0.535. The van der Waals surface area contributed by atoms with Crippen LogP contribution < -0.4 is 5.56 Å². The van der Waals surface area contributed by atoms with Gasteiger partial charge in [-0.1, -0.05) is 0 Å². The molecule has 0 spiro atoms. The number of aromatic nitrogens is 2. The van der Waals surface area contributed by atoms with Crippen LogP contribution >= 0.6 is 11.3 Å². The van der Waals surface area contributed by atoms with E-state index in [2.05, 4.69) is 4.98 Å². The molecule has 25 heavy (non-hydrogen) atoms. The van der Waals surface area contributed by atoms with Gasteiger partial charge in [-0.25, -0.2) is 4.98 Å². The maximum atomic E-state index is 12.5. The summed E-state index contributed by atoms with van der Waals surface area (Å²) in [6, 6.07) is 0. The Morgan fingerprint density at radius 2 is 2.08 bits per heavy atom. The molecule has 0 radical (unpaired) electrons. The summed E-state index contributed by atoms with van der Waals surface area (Å²) < 4.78 is 6.07. The van der Waals surface area contributed by atoms with Crippen LogP contribution in [0.4, 0.5) is 0 Å². The lowest BCUT2D eigenvalue weighted by molar-refractivity contribution is -0.155. The Bertz CT molecular complexity index is 930. The van der Waals surface area contributed by atoms with Gasteiger partial charge in [0, 0.05) is 17.8 Å². The SMILES string of the molecule is Cc1sc2ncn(CC(=O)OCC(=O)N3CCCC3=O)c(=O)c2c1C. The molecule has 1 aliphatic rings. The summed E-state index contributed by atoms with van der Waals surface area (Å²) in [7, 11) is 0. The smallest absolute Gasteiger partial charge is 0.326 e. The van der Waals surface area contributed by atoms with Crippen LogP contribution in [0.2, 0.25) is 0 Å². The zero-order valence-corrected chi connectivity index (χ0v) is 14.7. The quantitative estimate of drug-likeness (QED) is 0.744. The summed E-state index contributed by atoms with van der Waals surface area (Å²) in [6.45, 7) is 3.26. The third kappa shape index (κ3) is 3.32. The van der Waals surface area contributed by atoms with Crippen LogP contribution in [-0.4, -0.2) is 45.4 Å². The number of hydrogen-bond acceptors (Lipinski definition) is 7. The van der Waals surface area contributed by atoms with E-state index in [4.69, 9.17) is 4.74 Å². The molecule has 2 amide bonds. The molecule has 1 fully saturated rings. The highest BCUT2D eigenvalue weighted by Crippen LogP contribution is 2.25. The number of ether oxygens (including phenoxy) is 1. The van der Waals surface area contributed by atoms with E-state index >= 15 is 0 Å². The molecule has 8 nitrogen and oxygen atoms in total. The predicted octanol–water partition coefficient (Wildman–Crippen LogP) is 0.767. The highest BCUT2D eigenvalue weighted by atomic mass is 32.1. The second-order valence-corrected chi connectivity index (χ2v) is 7.05. The van der Waals surface area contributed by atoms with Crippen molar-refractivity contribution in [3.05, 3.63) is 27.1 Å². The minimum atomic E-state index is -0.729. The van der Waals surface area contributed by atoms with Gasteiger partial charge in [0.15, 0.2) is 6.61 Å². The van der Waals surface area contributed by atoms with Crippen molar-refractivity contribution in [1.29, 1.82) is 0 Å². The van der Waals surface area contributed by atoms with Crippen molar-refractivity contribution in [2.75, 3.05) is 13.2 Å². The fourth-order valence-electron chi connectivity index (χ4n) is 2.70. The van der Waals surface area contributed by atoms with Crippen LogP contribution in [0.15, 0.2) is 11.1 Å². The van der Waals surface area contributed by atoms with Crippen LogP contribution in [0, 0.1) is 13.8 Å². The van der Waals surface area contributed by atoms with E-state index in [1.807, 2.05) is 13.8 Å². The maximum Gasteiger partial charge on any atom is 0.326 e. The van der Waals surface area contributed by atoms with E-state index in [1.165, 1.54) is 17.7 Å². The van der Waals surface area contributed by atoms with E-state index in [9.17, 15) is 19.2 Å². The first-order chi connectivity index (χ1) is 11.9. The summed E-state index contributed by atoms with van der Waals surface area (Å²) in [6.07, 6.45) is 2.26. The first kappa shape index (κ1) is 17.3. The zero-order valence-electron chi connectivity index (χ0n) is 13.9. The van der Waals surface area contributed by atoms with Crippen LogP contribution in [0.25, 0.3) is 10.2 Å². The molecule has 1 saturated heterocycles. The first-order valence-electron chi connectivity index (χ1n) is 7.82. The van der Waals surface area contributed by atoms with E-state index in [0.29, 0.717) is 29.6 Å². The van der Waals surface area contributed by atoms with Crippen LogP contribution in [0.1, 0.15) is 23.3 Å². The summed E-state index contributed by atoms with van der Waals surface area (Å²) >= 11 is 1.43. The zero-order chi connectivity index (χ0) is 18.1. The summed E-state index contributed by atoms with van der Waals surface area (Å²) in [4.78, 5) is 54.7. The summed E-state index contributed by atoms with van der Waals surface area (Å²) in [5.74, 6) is -1.52. The lowest BCUT2D eigenvalue weighted by Gasteiger charge is -2.13. The van der Waals surface area contributed by atoms with Crippen LogP contribution in [0.3, 0.4) is 0 Å². The Labute approximate surface area is 147 Å². The van der Waals surface area contributed by atoms with Crippen molar-refractivity contribution in [3.63, 3.8) is 0 Å². The first-order valence-corrected chi connectivity index (χ1v) is 8.64. The van der Waals surface area contributed by atoms with Gasteiger partial charge in [-0.05, 0) is 25.8 Å². The average molecular weight is 363 g/mol. The number of imide groups is 1. The number of carbonyl (C=O) groups excluding carboxylic acids is 3. The van der Waals surface area contributed by atoms with Gasteiger partial charge in [-0.15, -0.1) is 11.3 Å². The largest absolute Gasteiger partial charge is 0.454 e. The molecule has 0 unspecified atom stereocenters. The standard InChI is InChI=1S/C16H17N3O5S/c1-9-10(2)25-15-14(9)16(23)18(8-17-15)6-13(22)24-7-12(21)19-5-3-4-11(19)20/h8H,3-7H2,1-2H3. The third-order valence-electron chi connectivity index (χ3n) is 4.19. The average Bonchev–Trinajstić information content (AvgIpc) is 3.12. The van der Waals surface area contributed by atoms with Gasteiger partial charge >= 0.3 is 5.97 Å². The topological polar surface area (TPSA) is 98.6 Å². The number of fused-ring (bicyclic) bond motifs is 1. The van der Waals surface area contributed by atoms with Gasteiger partial charge in [0.2, 0.25) is 5.91 Å². The predicted molar refractivity (Wildman–Crippen MR) is 90.3 cm³/mol. The normalized spacial score (nSPS) is 14.3. The Morgan fingerprint density at radius 1 is 1.32 bits per heavy atom. The number of carbonyl (C=O) groups is 3. The molecule has 0 saturated carbocycles. The van der Waals surface area contributed by atoms with Gasteiger partial charge < -0.3 is 4.74 Å². The Balaban J connectivity index is 1.67. The molecule has 132 valence electrons. The van der Waals surface area contributed by atoms with Crippen molar-refractivity contribution in [2.24, 2.45) is 0 Å². The highest BCUT2D eigenvalue weighted by Gasteiger charge is 2.27. The number of nitrogens with zero attached hydrogens (tertiary/aromatic N) is 3. The molecule has 0 bridgehead atoms. The Morgan fingerprint density at radius 3 is 2.76 bits per heavy atom. The molecule has 3 rings (SSSR count). The molecule has 2 aromatic rings. The van der Waals surface area contributed by atoms with E-state index in [1.54, 1.807) is 0 Å². The molecule has 9 heteroatoms. The number of hydrogen-bond donors (Lipinski definition) is 0. The van der Waals surface area contributed by atoms with Gasteiger partial charge in [0.25, 0.3) is 11.5 Å². The fourth-order valence-corrected chi connectivity index (χ4v) is 3.69. The minimum absolute atomic E-state index is 0.254. The number of amides is 2. The van der Waals surface area contributed by atoms with Gasteiger partial charge in [0.05, 0.1) is 11.7 Å². The van der Waals surface area contributed by atoms with Crippen molar-refractivity contribution in [1.82, 2.24) is 14.5 Å². The third-order valence-corrected chi connectivity index (χ3v) is 5.30. The van der Waals surface area contributed by atoms with Gasteiger partial charge in [0.1, 0.15) is 11.4 Å². The van der Waals surface area contributed by atoms with E-state index in [-0.39, 0.29) is 18.0 Å². The number of aryl methyl sites for hydroxylation is 2. The number of thiophene rings is 1. The molecular weight excluding hydrogens is 346 g/mol. The van der Waals surface area contributed by atoms with Gasteiger partial charge in [-0.3, -0.25) is 28.6 Å². The molecule has 0 atom stereocenters. The minimum Gasteiger partial charge on any atom is -0.454 e. The molecule has 0 aromatic carbocycles. The van der Waals surface area contributed by atoms with Crippen molar-refractivity contribution in [3.8, 4) is 0 Å². The summed E-state index contributed by atoms with van der Waals surface area (Å²) in [5, 5.41) is 0.497. The number of likely N-dealkylation sites (tertiary alicyclic amines) is 1. The fraction of sp³-hybridized carbons (Fsp3) is 0.438. The lowest BCUT2D eigenvalue weighted by atomic mass is 10.2. The van der Waals surface area contributed by atoms with Gasteiger partial charge in [-0.2, -0.15) is 0 Å². The highest BCUT2D eigenvalue weighted by molar-refractivity contribution is 7.18.